The van der Waals surface area contributed by atoms with Crippen molar-refractivity contribution in [1.82, 2.24) is 10.0 Å². The molecular formula is C20H26N2O7S. The lowest BCUT2D eigenvalue weighted by Gasteiger charge is -2.16. The van der Waals surface area contributed by atoms with Crippen LogP contribution in [0.4, 0.5) is 0 Å². The van der Waals surface area contributed by atoms with Crippen molar-refractivity contribution in [2.75, 3.05) is 35.0 Å². The van der Waals surface area contributed by atoms with E-state index in [0.29, 0.717) is 29.4 Å². The number of carbonyl (C=O) groups excluding carboxylic acids is 1. The molecule has 0 fully saturated rings. The quantitative estimate of drug-likeness (QED) is 0.583. The lowest BCUT2D eigenvalue weighted by atomic mass is 10.1. The van der Waals surface area contributed by atoms with Crippen molar-refractivity contribution in [3.05, 3.63) is 41.5 Å². The van der Waals surface area contributed by atoms with Crippen LogP contribution < -0.4 is 29.0 Å². The third kappa shape index (κ3) is 4.95. The molecule has 0 heterocycles. The van der Waals surface area contributed by atoms with Gasteiger partial charge in [-0.05, 0) is 31.2 Å². The highest BCUT2D eigenvalue weighted by Crippen LogP contribution is 2.39. The zero-order valence-electron chi connectivity index (χ0n) is 17.6. The summed E-state index contributed by atoms with van der Waals surface area (Å²) in [6.45, 7) is 2.10. The van der Waals surface area contributed by atoms with Crippen LogP contribution in [0, 0.1) is 0 Å². The summed E-state index contributed by atoms with van der Waals surface area (Å²) < 4.78 is 49.3. The van der Waals surface area contributed by atoms with E-state index in [0.717, 1.165) is 0 Å². The van der Waals surface area contributed by atoms with Gasteiger partial charge in [-0.3, -0.25) is 4.79 Å². The van der Waals surface area contributed by atoms with Gasteiger partial charge in [0.2, 0.25) is 15.8 Å². The molecule has 1 amide bonds. The Balaban J connectivity index is 2.34. The van der Waals surface area contributed by atoms with Gasteiger partial charge in [0.1, 0.15) is 5.75 Å². The largest absolute Gasteiger partial charge is 0.496 e. The molecular weight excluding hydrogens is 412 g/mol. The lowest BCUT2D eigenvalue weighted by molar-refractivity contribution is 0.0952. The van der Waals surface area contributed by atoms with Crippen molar-refractivity contribution in [3.8, 4) is 23.0 Å². The van der Waals surface area contributed by atoms with Crippen LogP contribution >= 0.6 is 0 Å². The number of methoxy groups -OCH3 is 4. The van der Waals surface area contributed by atoms with Crippen molar-refractivity contribution in [2.24, 2.45) is 0 Å². The molecule has 0 bridgehead atoms. The molecule has 0 aliphatic rings. The van der Waals surface area contributed by atoms with E-state index >= 15 is 0 Å². The van der Waals surface area contributed by atoms with Gasteiger partial charge < -0.3 is 24.3 Å². The summed E-state index contributed by atoms with van der Waals surface area (Å²) in [6.07, 6.45) is 0. The van der Waals surface area contributed by atoms with Crippen molar-refractivity contribution >= 4 is 15.9 Å². The van der Waals surface area contributed by atoms with E-state index in [9.17, 15) is 13.2 Å². The first-order valence-corrected chi connectivity index (χ1v) is 10.5. The predicted molar refractivity (Wildman–Crippen MR) is 111 cm³/mol. The van der Waals surface area contributed by atoms with E-state index in [1.54, 1.807) is 19.1 Å². The first-order valence-electron chi connectivity index (χ1n) is 9.06. The molecule has 2 aromatic carbocycles. The first-order chi connectivity index (χ1) is 14.3. The van der Waals surface area contributed by atoms with Crippen LogP contribution in [0.1, 0.15) is 22.8 Å². The summed E-state index contributed by atoms with van der Waals surface area (Å²) >= 11 is 0. The van der Waals surface area contributed by atoms with Crippen LogP contribution in [-0.2, 0) is 16.6 Å². The molecule has 0 aliphatic heterocycles. The van der Waals surface area contributed by atoms with Crippen LogP contribution in [0.5, 0.6) is 23.0 Å². The third-order valence-electron chi connectivity index (χ3n) is 4.30. The molecule has 0 aliphatic carbocycles. The highest BCUT2D eigenvalue weighted by Gasteiger charge is 2.21. The zero-order valence-corrected chi connectivity index (χ0v) is 18.4. The maximum atomic E-state index is 12.8. The van der Waals surface area contributed by atoms with Crippen LogP contribution in [0.2, 0.25) is 0 Å². The maximum absolute atomic E-state index is 12.8. The van der Waals surface area contributed by atoms with E-state index in [4.69, 9.17) is 18.9 Å². The smallest absolute Gasteiger partial charge is 0.255 e. The van der Waals surface area contributed by atoms with Crippen molar-refractivity contribution in [1.29, 1.82) is 0 Å². The minimum Gasteiger partial charge on any atom is -0.496 e. The number of nitrogens with one attached hydrogen (secondary N) is 2. The Kier molecular flexibility index (Phi) is 7.90. The molecule has 10 heteroatoms. The van der Waals surface area contributed by atoms with Crippen LogP contribution in [0.3, 0.4) is 0 Å². The highest BCUT2D eigenvalue weighted by atomic mass is 32.2. The molecule has 0 saturated heterocycles. The van der Waals surface area contributed by atoms with E-state index < -0.39 is 15.9 Å². The van der Waals surface area contributed by atoms with Crippen LogP contribution in [0.15, 0.2) is 35.2 Å². The topological polar surface area (TPSA) is 112 Å². The van der Waals surface area contributed by atoms with E-state index in [1.807, 2.05) is 0 Å². The molecule has 0 aromatic heterocycles. The molecule has 0 atom stereocenters. The number of rotatable bonds is 10. The standard InChI is InChI=1S/C20H26N2O7S/c1-6-21-20(23)15-11-14(8-10-16(15)26-2)30(24,25)22-12-13-7-9-17(27-3)19(29-5)18(13)28-4/h7-11,22H,6,12H2,1-5H3,(H,21,23). The van der Waals surface area contributed by atoms with Crippen LogP contribution in [0.25, 0.3) is 0 Å². The molecule has 0 radical (unpaired) electrons. The van der Waals surface area contributed by atoms with E-state index in [-0.39, 0.29) is 22.8 Å². The molecule has 2 aromatic rings. The summed E-state index contributed by atoms with van der Waals surface area (Å²) in [5, 5.41) is 2.64. The zero-order chi connectivity index (χ0) is 22.3. The molecule has 0 unspecified atom stereocenters. The summed E-state index contributed by atoms with van der Waals surface area (Å²) in [7, 11) is 1.90. The normalized spacial score (nSPS) is 11.0. The van der Waals surface area contributed by atoms with Gasteiger partial charge in [0, 0.05) is 18.7 Å². The Morgan fingerprint density at radius 3 is 2.10 bits per heavy atom. The minimum absolute atomic E-state index is 0.0611. The molecule has 164 valence electrons. The Morgan fingerprint density at radius 1 is 0.900 bits per heavy atom. The second kappa shape index (κ2) is 10.2. The molecule has 9 nitrogen and oxygen atoms in total. The van der Waals surface area contributed by atoms with Crippen molar-refractivity contribution < 1.29 is 32.2 Å². The SMILES string of the molecule is CCNC(=O)c1cc(S(=O)(=O)NCc2ccc(OC)c(OC)c2OC)ccc1OC. The molecule has 2 rings (SSSR count). The second-order valence-electron chi connectivity index (χ2n) is 6.04. The Hall–Kier alpha value is -2.98. The predicted octanol–water partition coefficient (Wildman–Crippen LogP) is 1.95. The van der Waals surface area contributed by atoms with Crippen LogP contribution in [-0.4, -0.2) is 49.3 Å². The average Bonchev–Trinajstić information content (AvgIpc) is 2.76. The van der Waals surface area contributed by atoms with E-state index in [1.165, 1.54) is 46.6 Å². The summed E-state index contributed by atoms with van der Waals surface area (Å²) in [4.78, 5) is 12.2. The van der Waals surface area contributed by atoms with Gasteiger partial charge in [-0.1, -0.05) is 6.07 Å². The fourth-order valence-corrected chi connectivity index (χ4v) is 3.88. The second-order valence-corrected chi connectivity index (χ2v) is 7.81. The fourth-order valence-electron chi connectivity index (χ4n) is 2.85. The minimum atomic E-state index is -3.93. The number of amides is 1. The van der Waals surface area contributed by atoms with E-state index in [2.05, 4.69) is 10.0 Å². The van der Waals surface area contributed by atoms with Gasteiger partial charge in [-0.25, -0.2) is 13.1 Å². The summed E-state index contributed by atoms with van der Waals surface area (Å²) in [5.74, 6) is 1.04. The van der Waals surface area contributed by atoms with Gasteiger partial charge in [-0.15, -0.1) is 0 Å². The Bertz CT molecular complexity index is 1010. The first kappa shape index (κ1) is 23.3. The van der Waals surface area contributed by atoms with Gasteiger partial charge >= 0.3 is 0 Å². The monoisotopic (exact) mass is 438 g/mol. The third-order valence-corrected chi connectivity index (χ3v) is 5.70. The molecule has 30 heavy (non-hydrogen) atoms. The molecule has 0 spiro atoms. The fraction of sp³-hybridized carbons (Fsp3) is 0.350. The summed E-state index contributed by atoms with van der Waals surface area (Å²) in [5.41, 5.74) is 0.683. The number of carbonyl (C=O) groups is 1. The average molecular weight is 439 g/mol. The Labute approximate surface area is 176 Å². The van der Waals surface area contributed by atoms with Gasteiger partial charge in [0.25, 0.3) is 5.91 Å². The van der Waals surface area contributed by atoms with Gasteiger partial charge in [-0.2, -0.15) is 0 Å². The molecule has 0 saturated carbocycles. The highest BCUT2D eigenvalue weighted by molar-refractivity contribution is 7.89. The number of hydrogen-bond acceptors (Lipinski definition) is 7. The number of sulfonamides is 1. The van der Waals surface area contributed by atoms with Gasteiger partial charge in [0.05, 0.1) is 38.9 Å². The molecule has 2 N–H and O–H groups in total. The maximum Gasteiger partial charge on any atom is 0.255 e. The Morgan fingerprint density at radius 2 is 1.53 bits per heavy atom. The van der Waals surface area contributed by atoms with Crippen molar-refractivity contribution in [3.63, 3.8) is 0 Å². The number of hydrogen-bond donors (Lipinski definition) is 2. The van der Waals surface area contributed by atoms with Crippen molar-refractivity contribution in [2.45, 2.75) is 18.4 Å². The number of benzene rings is 2. The number of ether oxygens (including phenoxy) is 4. The van der Waals surface area contributed by atoms with Gasteiger partial charge in [0.15, 0.2) is 11.5 Å². The lowest BCUT2D eigenvalue weighted by Crippen LogP contribution is -2.26. The summed E-state index contributed by atoms with van der Waals surface area (Å²) in [6, 6.07) is 7.42.